The third kappa shape index (κ3) is 3.84. The summed E-state index contributed by atoms with van der Waals surface area (Å²) in [6, 6.07) is 3.95. The fourth-order valence-corrected chi connectivity index (χ4v) is 2.44. The monoisotopic (exact) mass is 281 g/mol. The summed E-state index contributed by atoms with van der Waals surface area (Å²) in [7, 11) is 0. The fraction of sp³-hybridized carbons (Fsp3) is 0.667. The molecule has 0 radical (unpaired) electrons. The highest BCUT2D eigenvalue weighted by molar-refractivity contribution is 5.76. The first kappa shape index (κ1) is 15.1. The van der Waals surface area contributed by atoms with Gasteiger partial charge in [0.2, 0.25) is 5.91 Å². The number of hydrogen-bond acceptors (Lipinski definition) is 4. The van der Waals surface area contributed by atoms with Crippen LogP contribution in [0.5, 0.6) is 0 Å². The van der Waals surface area contributed by atoms with Crippen LogP contribution in [-0.2, 0) is 11.2 Å². The lowest BCUT2D eigenvalue weighted by atomic mass is 10.2. The van der Waals surface area contributed by atoms with Crippen molar-refractivity contribution in [2.75, 3.05) is 26.3 Å². The van der Waals surface area contributed by atoms with E-state index in [0.29, 0.717) is 24.7 Å². The highest BCUT2D eigenvalue weighted by Gasteiger charge is 2.36. The van der Waals surface area contributed by atoms with Crippen molar-refractivity contribution in [1.29, 1.82) is 0 Å². The highest BCUT2D eigenvalue weighted by Crippen LogP contribution is 2.47. The maximum Gasteiger partial charge on any atom is 0.223 e. The summed E-state index contributed by atoms with van der Waals surface area (Å²) in [5.74, 6) is 3.06. The number of aliphatic hydroxyl groups is 2. The van der Waals surface area contributed by atoms with Crippen LogP contribution >= 0.6 is 0 Å². The van der Waals surface area contributed by atoms with Gasteiger partial charge in [0, 0.05) is 31.8 Å². The van der Waals surface area contributed by atoms with Crippen molar-refractivity contribution in [3.8, 4) is 0 Å². The molecule has 1 saturated carbocycles. The SMILES string of the molecule is CC1CC1c1ccc(CCC(=O)N(CCO)CCO)o1. The van der Waals surface area contributed by atoms with E-state index in [-0.39, 0.29) is 32.2 Å². The van der Waals surface area contributed by atoms with Gasteiger partial charge in [-0.05, 0) is 24.5 Å². The van der Waals surface area contributed by atoms with Crippen LogP contribution in [0.15, 0.2) is 16.5 Å². The van der Waals surface area contributed by atoms with Crippen molar-refractivity contribution in [2.45, 2.75) is 32.1 Å². The molecule has 5 heteroatoms. The van der Waals surface area contributed by atoms with E-state index in [0.717, 1.165) is 11.5 Å². The molecule has 2 atom stereocenters. The van der Waals surface area contributed by atoms with Crippen molar-refractivity contribution in [2.24, 2.45) is 5.92 Å². The predicted molar refractivity (Wildman–Crippen MR) is 74.3 cm³/mol. The first-order valence-corrected chi connectivity index (χ1v) is 7.23. The average molecular weight is 281 g/mol. The van der Waals surface area contributed by atoms with E-state index in [1.807, 2.05) is 12.1 Å². The maximum absolute atomic E-state index is 12.0. The van der Waals surface area contributed by atoms with Crippen LogP contribution in [0, 0.1) is 5.92 Å². The molecule has 0 saturated heterocycles. The van der Waals surface area contributed by atoms with Gasteiger partial charge in [-0.25, -0.2) is 0 Å². The van der Waals surface area contributed by atoms with Crippen LogP contribution in [0.25, 0.3) is 0 Å². The highest BCUT2D eigenvalue weighted by atomic mass is 16.3. The Hall–Kier alpha value is -1.33. The van der Waals surface area contributed by atoms with Crippen LogP contribution in [0.1, 0.15) is 37.2 Å². The summed E-state index contributed by atoms with van der Waals surface area (Å²) < 4.78 is 5.76. The molecule has 2 N–H and O–H groups in total. The van der Waals surface area contributed by atoms with Crippen molar-refractivity contribution in [1.82, 2.24) is 4.90 Å². The minimum Gasteiger partial charge on any atom is -0.466 e. The average Bonchev–Trinajstić information content (AvgIpc) is 2.99. The molecule has 1 aliphatic rings. The molecule has 1 heterocycles. The predicted octanol–water partition coefficient (Wildman–Crippen LogP) is 1.15. The normalized spacial score (nSPS) is 20.9. The van der Waals surface area contributed by atoms with Gasteiger partial charge in [-0.3, -0.25) is 4.79 Å². The second-order valence-electron chi connectivity index (χ2n) is 5.45. The third-order valence-electron chi connectivity index (χ3n) is 3.84. The van der Waals surface area contributed by atoms with Gasteiger partial charge < -0.3 is 19.5 Å². The molecule has 1 aliphatic carbocycles. The zero-order valence-electron chi connectivity index (χ0n) is 11.9. The van der Waals surface area contributed by atoms with Crippen molar-refractivity contribution in [3.63, 3.8) is 0 Å². The number of aryl methyl sites for hydroxylation is 1. The van der Waals surface area contributed by atoms with Crippen LogP contribution in [0.2, 0.25) is 0 Å². The lowest BCUT2D eigenvalue weighted by Gasteiger charge is -2.20. The Morgan fingerprint density at radius 2 is 2.00 bits per heavy atom. The van der Waals surface area contributed by atoms with Crippen molar-refractivity contribution < 1.29 is 19.4 Å². The molecular formula is C15H23NO4. The zero-order chi connectivity index (χ0) is 14.5. The first-order valence-electron chi connectivity index (χ1n) is 7.23. The van der Waals surface area contributed by atoms with Crippen LogP contribution in [-0.4, -0.2) is 47.3 Å². The van der Waals surface area contributed by atoms with E-state index in [9.17, 15) is 4.79 Å². The summed E-state index contributed by atoms with van der Waals surface area (Å²) in [6.45, 7) is 2.56. The maximum atomic E-state index is 12.0. The molecule has 1 aromatic heterocycles. The summed E-state index contributed by atoms with van der Waals surface area (Å²) in [5.41, 5.74) is 0. The van der Waals surface area contributed by atoms with Gasteiger partial charge in [0.1, 0.15) is 11.5 Å². The fourth-order valence-electron chi connectivity index (χ4n) is 2.44. The van der Waals surface area contributed by atoms with Gasteiger partial charge in [0.25, 0.3) is 0 Å². The van der Waals surface area contributed by atoms with E-state index < -0.39 is 0 Å². The summed E-state index contributed by atoms with van der Waals surface area (Å²) in [4.78, 5) is 13.4. The molecule has 1 aromatic rings. The molecule has 20 heavy (non-hydrogen) atoms. The van der Waals surface area contributed by atoms with E-state index >= 15 is 0 Å². The third-order valence-corrected chi connectivity index (χ3v) is 3.84. The molecule has 1 amide bonds. The van der Waals surface area contributed by atoms with Crippen molar-refractivity contribution in [3.05, 3.63) is 23.7 Å². The molecule has 0 bridgehead atoms. The molecule has 2 rings (SSSR count). The van der Waals surface area contributed by atoms with E-state index in [4.69, 9.17) is 14.6 Å². The van der Waals surface area contributed by atoms with Gasteiger partial charge in [0.05, 0.1) is 13.2 Å². The Balaban J connectivity index is 1.81. The molecule has 2 unspecified atom stereocenters. The number of furan rings is 1. The second kappa shape index (κ2) is 6.90. The molecule has 0 aromatic carbocycles. The summed E-state index contributed by atoms with van der Waals surface area (Å²) in [6.07, 6.45) is 2.09. The van der Waals surface area contributed by atoms with E-state index in [1.54, 1.807) is 0 Å². The molecule has 1 fully saturated rings. The number of aliphatic hydroxyl groups excluding tert-OH is 2. The molecule has 0 aliphatic heterocycles. The second-order valence-corrected chi connectivity index (χ2v) is 5.45. The Kier molecular flexibility index (Phi) is 5.20. The number of nitrogens with zero attached hydrogens (tertiary/aromatic N) is 1. The lowest BCUT2D eigenvalue weighted by molar-refractivity contribution is -0.132. The molecule has 112 valence electrons. The minimum absolute atomic E-state index is 0.0640. The van der Waals surface area contributed by atoms with E-state index in [2.05, 4.69) is 6.92 Å². The summed E-state index contributed by atoms with van der Waals surface area (Å²) >= 11 is 0. The number of hydrogen-bond donors (Lipinski definition) is 2. The van der Waals surface area contributed by atoms with Gasteiger partial charge in [-0.2, -0.15) is 0 Å². The Bertz CT molecular complexity index is 437. The van der Waals surface area contributed by atoms with Crippen LogP contribution < -0.4 is 0 Å². The topological polar surface area (TPSA) is 73.9 Å². The van der Waals surface area contributed by atoms with Gasteiger partial charge in [0.15, 0.2) is 0 Å². The standard InChI is InChI=1S/C15H23NO4/c1-11-10-13(11)14-4-2-12(20-14)3-5-15(19)16(6-8-17)7-9-18/h2,4,11,13,17-18H,3,5-10H2,1H3. The number of carbonyl (C=O) groups is 1. The lowest BCUT2D eigenvalue weighted by Crippen LogP contribution is -2.35. The van der Waals surface area contributed by atoms with Crippen molar-refractivity contribution >= 4 is 5.91 Å². The molecule has 5 nitrogen and oxygen atoms in total. The quantitative estimate of drug-likeness (QED) is 0.749. The first-order chi connectivity index (χ1) is 9.65. The molecule has 0 spiro atoms. The molecular weight excluding hydrogens is 258 g/mol. The van der Waals surface area contributed by atoms with Gasteiger partial charge >= 0.3 is 0 Å². The number of rotatable bonds is 8. The zero-order valence-corrected chi connectivity index (χ0v) is 11.9. The Labute approximate surface area is 119 Å². The number of amides is 1. The van der Waals surface area contributed by atoms with E-state index in [1.165, 1.54) is 11.3 Å². The minimum atomic E-state index is -0.0871. The Morgan fingerprint density at radius 3 is 2.55 bits per heavy atom. The van der Waals surface area contributed by atoms with Gasteiger partial charge in [-0.15, -0.1) is 0 Å². The Morgan fingerprint density at radius 1 is 1.35 bits per heavy atom. The van der Waals surface area contributed by atoms with Crippen LogP contribution in [0.3, 0.4) is 0 Å². The number of carbonyl (C=O) groups excluding carboxylic acids is 1. The summed E-state index contributed by atoms with van der Waals surface area (Å²) in [5, 5.41) is 17.8. The largest absolute Gasteiger partial charge is 0.466 e. The smallest absolute Gasteiger partial charge is 0.223 e. The van der Waals surface area contributed by atoms with Crippen LogP contribution in [0.4, 0.5) is 0 Å². The van der Waals surface area contributed by atoms with Gasteiger partial charge in [-0.1, -0.05) is 6.92 Å².